The highest BCUT2D eigenvalue weighted by molar-refractivity contribution is 8.00. The zero-order valence-electron chi connectivity index (χ0n) is 15.3. The van der Waals surface area contributed by atoms with E-state index in [0.717, 1.165) is 10.5 Å². The van der Waals surface area contributed by atoms with E-state index in [1.165, 1.54) is 17.3 Å². The van der Waals surface area contributed by atoms with Crippen molar-refractivity contribution in [2.24, 2.45) is 0 Å². The molecule has 2 atom stereocenters. The van der Waals surface area contributed by atoms with E-state index in [9.17, 15) is 4.79 Å². The van der Waals surface area contributed by atoms with Crippen molar-refractivity contribution in [1.29, 1.82) is 0 Å². The molecule has 2 aromatic carbocycles. The highest BCUT2D eigenvalue weighted by atomic mass is 32.2. The van der Waals surface area contributed by atoms with E-state index in [1.54, 1.807) is 14.2 Å². The van der Waals surface area contributed by atoms with E-state index in [-0.39, 0.29) is 17.2 Å². The summed E-state index contributed by atoms with van der Waals surface area (Å²) in [4.78, 5) is 13.4. The van der Waals surface area contributed by atoms with Crippen LogP contribution in [0.5, 0.6) is 11.5 Å². The number of amides is 1. The number of ether oxygens (including phenoxy) is 2. The van der Waals surface area contributed by atoms with Crippen LogP contribution in [0.2, 0.25) is 0 Å². The minimum atomic E-state index is -0.217. The molecule has 0 fully saturated rings. The number of carbonyl (C=O) groups is 1. The second-order valence-corrected chi connectivity index (χ2v) is 7.33. The number of hydrogen-bond acceptors (Lipinski definition) is 4. The number of carbonyl (C=O) groups excluding carboxylic acids is 1. The summed E-state index contributed by atoms with van der Waals surface area (Å²) in [5, 5.41) is 2.85. The molecule has 5 heteroatoms. The Kier molecular flexibility index (Phi) is 6.76. The van der Waals surface area contributed by atoms with Gasteiger partial charge >= 0.3 is 0 Å². The van der Waals surface area contributed by atoms with Crippen molar-refractivity contribution in [3.63, 3.8) is 0 Å². The monoisotopic (exact) mass is 359 g/mol. The van der Waals surface area contributed by atoms with Gasteiger partial charge in [-0.25, -0.2) is 0 Å². The zero-order chi connectivity index (χ0) is 18.4. The molecule has 134 valence electrons. The molecular formula is C20H25NO3S. The highest BCUT2D eigenvalue weighted by Gasteiger charge is 2.18. The summed E-state index contributed by atoms with van der Waals surface area (Å²) < 4.78 is 10.6. The van der Waals surface area contributed by atoms with Crippen LogP contribution in [0.1, 0.15) is 31.0 Å². The normalized spacial score (nSPS) is 13.0. The minimum Gasteiger partial charge on any atom is -0.493 e. The molecule has 0 saturated carbocycles. The van der Waals surface area contributed by atoms with Crippen LogP contribution in [0.25, 0.3) is 0 Å². The summed E-state index contributed by atoms with van der Waals surface area (Å²) >= 11 is 1.49. The summed E-state index contributed by atoms with van der Waals surface area (Å²) in [6.45, 7) is 5.95. The van der Waals surface area contributed by atoms with Gasteiger partial charge in [-0.15, -0.1) is 11.8 Å². The maximum absolute atomic E-state index is 12.5. The van der Waals surface area contributed by atoms with E-state index >= 15 is 0 Å². The van der Waals surface area contributed by atoms with E-state index < -0.39 is 0 Å². The number of methoxy groups -OCH3 is 2. The summed E-state index contributed by atoms with van der Waals surface area (Å²) in [6.07, 6.45) is 0. The first-order chi connectivity index (χ1) is 11.9. The Morgan fingerprint density at radius 1 is 1.00 bits per heavy atom. The fourth-order valence-corrected chi connectivity index (χ4v) is 3.32. The summed E-state index contributed by atoms with van der Waals surface area (Å²) in [6, 6.07) is 13.8. The topological polar surface area (TPSA) is 47.6 Å². The Morgan fingerprint density at radius 3 is 2.24 bits per heavy atom. The fraction of sp³-hybridized carbons (Fsp3) is 0.350. The lowest BCUT2D eigenvalue weighted by Gasteiger charge is -2.18. The third kappa shape index (κ3) is 5.16. The summed E-state index contributed by atoms with van der Waals surface area (Å²) in [5.41, 5.74) is 2.31. The number of rotatable bonds is 7. The van der Waals surface area contributed by atoms with Crippen LogP contribution in [0.3, 0.4) is 0 Å². The van der Waals surface area contributed by atoms with Crippen molar-refractivity contribution in [1.82, 2.24) is 5.32 Å². The first-order valence-electron chi connectivity index (χ1n) is 8.20. The molecule has 0 spiro atoms. The van der Waals surface area contributed by atoms with Gasteiger partial charge in [0.2, 0.25) is 5.91 Å². The second kappa shape index (κ2) is 8.81. The van der Waals surface area contributed by atoms with Crippen molar-refractivity contribution in [2.75, 3.05) is 14.2 Å². The SMILES string of the molecule is COc1ccc(S[C@@H](C)C(=O)N[C@@H](C)c2ccc(C)cc2)cc1OC. The van der Waals surface area contributed by atoms with Gasteiger partial charge in [-0.1, -0.05) is 29.8 Å². The van der Waals surface area contributed by atoms with Crippen LogP contribution in [-0.4, -0.2) is 25.4 Å². The summed E-state index contributed by atoms with van der Waals surface area (Å²) in [7, 11) is 3.21. The lowest BCUT2D eigenvalue weighted by molar-refractivity contribution is -0.120. The predicted molar refractivity (Wildman–Crippen MR) is 103 cm³/mol. The van der Waals surface area contributed by atoms with Gasteiger partial charge in [0.05, 0.1) is 25.5 Å². The van der Waals surface area contributed by atoms with E-state index in [2.05, 4.69) is 24.4 Å². The maximum Gasteiger partial charge on any atom is 0.233 e. The molecule has 2 aromatic rings. The molecule has 2 rings (SSSR count). The molecular weight excluding hydrogens is 334 g/mol. The molecule has 0 radical (unpaired) electrons. The largest absolute Gasteiger partial charge is 0.493 e. The minimum absolute atomic E-state index is 0.00728. The Labute approximate surface area is 153 Å². The summed E-state index contributed by atoms with van der Waals surface area (Å²) in [5.74, 6) is 1.35. The molecule has 25 heavy (non-hydrogen) atoms. The van der Waals surface area contributed by atoms with E-state index in [0.29, 0.717) is 11.5 Å². The van der Waals surface area contributed by atoms with Crippen LogP contribution in [0.4, 0.5) is 0 Å². The quantitative estimate of drug-likeness (QED) is 0.746. The van der Waals surface area contributed by atoms with Gasteiger partial charge in [0.1, 0.15) is 0 Å². The first kappa shape index (κ1) is 19.2. The van der Waals surface area contributed by atoms with Crippen LogP contribution in [0, 0.1) is 6.92 Å². The highest BCUT2D eigenvalue weighted by Crippen LogP contribution is 2.33. The van der Waals surface area contributed by atoms with Gasteiger partial charge in [-0.3, -0.25) is 4.79 Å². The second-order valence-electron chi connectivity index (χ2n) is 5.92. The van der Waals surface area contributed by atoms with Crippen LogP contribution in [0.15, 0.2) is 47.4 Å². The van der Waals surface area contributed by atoms with Gasteiger partial charge in [0.25, 0.3) is 0 Å². The molecule has 0 aliphatic rings. The lowest BCUT2D eigenvalue weighted by Crippen LogP contribution is -2.33. The number of aryl methyl sites for hydroxylation is 1. The molecule has 0 aliphatic heterocycles. The van der Waals surface area contributed by atoms with Crippen LogP contribution >= 0.6 is 11.8 Å². The van der Waals surface area contributed by atoms with E-state index in [1.807, 2.05) is 44.2 Å². The first-order valence-corrected chi connectivity index (χ1v) is 9.08. The number of benzene rings is 2. The molecule has 0 aliphatic carbocycles. The third-order valence-electron chi connectivity index (χ3n) is 3.97. The maximum atomic E-state index is 12.5. The number of hydrogen-bond donors (Lipinski definition) is 1. The zero-order valence-corrected chi connectivity index (χ0v) is 16.1. The molecule has 0 saturated heterocycles. The number of nitrogens with one attached hydrogen (secondary N) is 1. The van der Waals surface area contributed by atoms with Crippen LogP contribution in [-0.2, 0) is 4.79 Å². The van der Waals surface area contributed by atoms with Crippen molar-refractivity contribution < 1.29 is 14.3 Å². The fourth-order valence-electron chi connectivity index (χ4n) is 2.42. The molecule has 4 nitrogen and oxygen atoms in total. The lowest BCUT2D eigenvalue weighted by atomic mass is 10.1. The van der Waals surface area contributed by atoms with Crippen molar-refractivity contribution in [3.8, 4) is 11.5 Å². The third-order valence-corrected chi connectivity index (χ3v) is 5.07. The Morgan fingerprint density at radius 2 is 1.64 bits per heavy atom. The standard InChI is InChI=1S/C20H25NO3S/c1-13-6-8-16(9-7-13)14(2)21-20(22)15(3)25-17-10-11-18(23-4)19(12-17)24-5/h6-12,14-15H,1-5H3,(H,21,22)/t14-,15-/m0/s1. The molecule has 0 bridgehead atoms. The van der Waals surface area contributed by atoms with E-state index in [4.69, 9.17) is 9.47 Å². The van der Waals surface area contributed by atoms with Gasteiger partial charge in [0.15, 0.2) is 11.5 Å². The smallest absolute Gasteiger partial charge is 0.233 e. The Balaban J connectivity index is 1.99. The van der Waals surface area contributed by atoms with Gasteiger partial charge < -0.3 is 14.8 Å². The van der Waals surface area contributed by atoms with Gasteiger partial charge in [0, 0.05) is 4.90 Å². The molecule has 0 heterocycles. The molecule has 0 aromatic heterocycles. The molecule has 1 N–H and O–H groups in total. The average molecular weight is 359 g/mol. The predicted octanol–water partition coefficient (Wildman–Crippen LogP) is 4.37. The number of thioether (sulfide) groups is 1. The Hall–Kier alpha value is -2.14. The van der Waals surface area contributed by atoms with Crippen molar-refractivity contribution >= 4 is 17.7 Å². The van der Waals surface area contributed by atoms with Crippen molar-refractivity contribution in [3.05, 3.63) is 53.6 Å². The molecule has 1 amide bonds. The van der Waals surface area contributed by atoms with Crippen LogP contribution < -0.4 is 14.8 Å². The molecule has 0 unspecified atom stereocenters. The van der Waals surface area contributed by atoms with Gasteiger partial charge in [-0.05, 0) is 44.5 Å². The Bertz CT molecular complexity index is 715. The average Bonchev–Trinajstić information content (AvgIpc) is 2.61. The van der Waals surface area contributed by atoms with Gasteiger partial charge in [-0.2, -0.15) is 0 Å². The van der Waals surface area contributed by atoms with Crippen molar-refractivity contribution in [2.45, 2.75) is 37.0 Å².